The van der Waals surface area contributed by atoms with Crippen LogP contribution in [-0.4, -0.2) is 83.6 Å². The van der Waals surface area contributed by atoms with E-state index in [1.807, 2.05) is 18.2 Å². The number of rotatable bonds is 7. The molecule has 4 heterocycles. The van der Waals surface area contributed by atoms with Crippen LogP contribution in [0.1, 0.15) is 37.4 Å². The molecule has 0 aliphatic carbocycles. The minimum atomic E-state index is -1.02. The maximum atomic E-state index is 13.8. The van der Waals surface area contributed by atoms with Gasteiger partial charge in [-0.1, -0.05) is 42.4 Å². The van der Waals surface area contributed by atoms with Gasteiger partial charge in [0.25, 0.3) is 5.91 Å². The second-order valence-electron chi connectivity index (χ2n) is 12.2. The van der Waals surface area contributed by atoms with E-state index in [0.717, 1.165) is 59.5 Å². The van der Waals surface area contributed by atoms with Crippen LogP contribution in [0.2, 0.25) is 5.02 Å². The first kappa shape index (κ1) is 30.1. The Bertz CT molecular complexity index is 1640. The molecule has 2 atom stereocenters. The molecule has 3 aliphatic heterocycles. The standard InChI is InChI=1S/C33H37ClFN7O2/c1-22(35)31(43)42-18-17-41(19-24(42)11-14-36)30-25-12-16-40(28-10-5-8-23-7-4-9-26(34)29(23)28)20-27(25)37-32(38-30)44-21-33(2)13-6-15-39(33)3/h4-5,7-10,24H,1,6,11-13,15-21H2,2-3H3/t24?,33-/m0/s1. The van der Waals surface area contributed by atoms with Gasteiger partial charge in [0.2, 0.25) is 0 Å². The van der Waals surface area contributed by atoms with E-state index in [4.69, 9.17) is 26.3 Å². The van der Waals surface area contributed by atoms with Crippen LogP contribution in [-0.2, 0) is 17.8 Å². The molecule has 0 radical (unpaired) electrons. The monoisotopic (exact) mass is 617 g/mol. The van der Waals surface area contributed by atoms with Gasteiger partial charge >= 0.3 is 6.01 Å². The fourth-order valence-electron chi connectivity index (χ4n) is 6.77. The Balaban J connectivity index is 1.35. The summed E-state index contributed by atoms with van der Waals surface area (Å²) in [5.41, 5.74) is 2.84. The van der Waals surface area contributed by atoms with Gasteiger partial charge in [-0.05, 0) is 57.3 Å². The van der Waals surface area contributed by atoms with Crippen molar-refractivity contribution in [1.82, 2.24) is 19.8 Å². The highest BCUT2D eigenvalue weighted by Gasteiger charge is 2.37. The first-order valence-corrected chi connectivity index (χ1v) is 15.5. The molecule has 44 heavy (non-hydrogen) atoms. The second-order valence-corrected chi connectivity index (χ2v) is 12.6. The molecule has 2 saturated heterocycles. The number of aromatic nitrogens is 2. The van der Waals surface area contributed by atoms with Crippen LogP contribution in [0.4, 0.5) is 15.9 Å². The van der Waals surface area contributed by atoms with E-state index >= 15 is 0 Å². The summed E-state index contributed by atoms with van der Waals surface area (Å²) in [5.74, 6) is -1.04. The van der Waals surface area contributed by atoms with Crippen molar-refractivity contribution in [1.29, 1.82) is 5.26 Å². The number of benzene rings is 2. The number of piperazine rings is 1. The first-order valence-electron chi connectivity index (χ1n) is 15.1. The molecule has 0 spiro atoms. The lowest BCUT2D eigenvalue weighted by molar-refractivity contribution is -0.131. The third kappa shape index (κ3) is 5.66. The fraction of sp³-hybridized carbons (Fsp3) is 0.455. The summed E-state index contributed by atoms with van der Waals surface area (Å²) in [7, 11) is 2.12. The Morgan fingerprint density at radius 3 is 2.70 bits per heavy atom. The van der Waals surface area contributed by atoms with E-state index in [1.54, 1.807) is 0 Å². The Morgan fingerprint density at radius 1 is 1.18 bits per heavy atom. The molecule has 1 aromatic heterocycles. The van der Waals surface area contributed by atoms with Crippen molar-refractivity contribution in [2.45, 2.75) is 50.7 Å². The molecule has 9 nitrogen and oxygen atoms in total. The summed E-state index contributed by atoms with van der Waals surface area (Å²) in [6.45, 7) is 9.19. The Hall–Kier alpha value is -3.94. The quantitative estimate of drug-likeness (QED) is 0.338. The maximum Gasteiger partial charge on any atom is 0.318 e. The Morgan fingerprint density at radius 2 is 1.98 bits per heavy atom. The zero-order chi connectivity index (χ0) is 31.0. The predicted octanol–water partition coefficient (Wildman–Crippen LogP) is 5.12. The lowest BCUT2D eigenvalue weighted by Gasteiger charge is -2.42. The third-order valence-electron chi connectivity index (χ3n) is 9.44. The van der Waals surface area contributed by atoms with Gasteiger partial charge in [-0.15, -0.1) is 0 Å². The minimum Gasteiger partial charge on any atom is -0.461 e. The van der Waals surface area contributed by atoms with E-state index in [2.05, 4.69) is 59.5 Å². The molecule has 11 heteroatoms. The third-order valence-corrected chi connectivity index (χ3v) is 9.76. The predicted molar refractivity (Wildman–Crippen MR) is 170 cm³/mol. The molecular formula is C33H37ClFN7O2. The Labute approximate surface area is 262 Å². The summed E-state index contributed by atoms with van der Waals surface area (Å²) in [4.78, 5) is 30.5. The van der Waals surface area contributed by atoms with Gasteiger partial charge < -0.3 is 19.4 Å². The molecule has 0 N–H and O–H groups in total. The molecule has 1 unspecified atom stereocenters. The van der Waals surface area contributed by atoms with Crippen LogP contribution in [0.15, 0.2) is 48.8 Å². The van der Waals surface area contributed by atoms with Gasteiger partial charge in [-0.25, -0.2) is 4.39 Å². The number of carbonyl (C=O) groups is 1. The number of ether oxygens (including phenoxy) is 1. The SMILES string of the molecule is C=C(F)C(=O)N1CCN(c2nc(OC[C@]3(C)CCCN3C)nc3c2CCN(c2cccc4cccc(Cl)c24)C3)CC1CC#N. The Kier molecular flexibility index (Phi) is 8.36. The van der Waals surface area contributed by atoms with Crippen molar-refractivity contribution in [2.24, 2.45) is 0 Å². The second kappa shape index (κ2) is 12.2. The highest BCUT2D eigenvalue weighted by molar-refractivity contribution is 6.36. The van der Waals surface area contributed by atoms with Gasteiger partial charge in [0, 0.05) is 42.8 Å². The van der Waals surface area contributed by atoms with E-state index < -0.39 is 17.8 Å². The van der Waals surface area contributed by atoms with Gasteiger partial charge in [-0.3, -0.25) is 9.69 Å². The fourth-order valence-corrected chi connectivity index (χ4v) is 7.05. The molecule has 6 rings (SSSR count). The van der Waals surface area contributed by atoms with Gasteiger partial charge in [-0.2, -0.15) is 15.2 Å². The van der Waals surface area contributed by atoms with E-state index in [-0.39, 0.29) is 18.5 Å². The van der Waals surface area contributed by atoms with Crippen LogP contribution in [0.5, 0.6) is 6.01 Å². The van der Waals surface area contributed by atoms with E-state index in [0.29, 0.717) is 43.7 Å². The molecule has 0 bridgehead atoms. The zero-order valence-electron chi connectivity index (χ0n) is 25.2. The molecule has 2 fully saturated rings. The topological polar surface area (TPSA) is 88.8 Å². The molecule has 3 aromatic rings. The van der Waals surface area contributed by atoms with Crippen molar-refractivity contribution in [3.8, 4) is 12.1 Å². The van der Waals surface area contributed by atoms with Gasteiger partial charge in [0.15, 0.2) is 5.83 Å². The van der Waals surface area contributed by atoms with Crippen LogP contribution < -0.4 is 14.5 Å². The summed E-state index contributed by atoms with van der Waals surface area (Å²) in [6, 6.07) is 14.1. The lowest BCUT2D eigenvalue weighted by atomic mass is 10.0. The summed E-state index contributed by atoms with van der Waals surface area (Å²) in [5, 5.41) is 12.3. The zero-order valence-corrected chi connectivity index (χ0v) is 26.0. The number of amides is 1. The summed E-state index contributed by atoms with van der Waals surface area (Å²) >= 11 is 6.69. The number of nitriles is 1. The van der Waals surface area contributed by atoms with E-state index in [9.17, 15) is 14.4 Å². The highest BCUT2D eigenvalue weighted by Crippen LogP contribution is 2.37. The molecule has 1 amide bonds. The lowest BCUT2D eigenvalue weighted by Crippen LogP contribution is -2.55. The molecule has 3 aliphatic rings. The normalized spacial score (nSPS) is 22.2. The average Bonchev–Trinajstić information content (AvgIpc) is 3.36. The smallest absolute Gasteiger partial charge is 0.318 e. The van der Waals surface area contributed by atoms with Crippen LogP contribution in [0.3, 0.4) is 0 Å². The van der Waals surface area contributed by atoms with Crippen molar-refractivity contribution < 1.29 is 13.9 Å². The number of halogens is 2. The number of carbonyl (C=O) groups excluding carboxylic acids is 1. The van der Waals surface area contributed by atoms with Crippen LogP contribution >= 0.6 is 11.6 Å². The van der Waals surface area contributed by atoms with Crippen molar-refractivity contribution in [2.75, 3.05) is 56.2 Å². The molecular weight excluding hydrogens is 581 g/mol. The molecule has 230 valence electrons. The van der Waals surface area contributed by atoms with Gasteiger partial charge in [0.1, 0.15) is 12.4 Å². The van der Waals surface area contributed by atoms with Crippen molar-refractivity contribution in [3.63, 3.8) is 0 Å². The van der Waals surface area contributed by atoms with Crippen LogP contribution in [0.25, 0.3) is 10.8 Å². The number of likely N-dealkylation sites (tertiary alicyclic amines) is 1. The number of hydrogen-bond donors (Lipinski definition) is 0. The molecule has 0 saturated carbocycles. The summed E-state index contributed by atoms with van der Waals surface area (Å²) in [6.07, 6.45) is 2.91. The van der Waals surface area contributed by atoms with E-state index in [1.165, 1.54) is 4.90 Å². The first-order chi connectivity index (χ1) is 21.2. The van der Waals surface area contributed by atoms with Crippen LogP contribution in [0, 0.1) is 11.3 Å². The average molecular weight is 618 g/mol. The van der Waals surface area contributed by atoms with Crippen molar-refractivity contribution in [3.05, 3.63) is 65.1 Å². The number of fused-ring (bicyclic) bond motifs is 2. The molecule has 2 aromatic carbocycles. The summed E-state index contributed by atoms with van der Waals surface area (Å²) < 4.78 is 20.2. The number of hydrogen-bond acceptors (Lipinski definition) is 8. The number of likely N-dealkylation sites (N-methyl/N-ethyl adjacent to an activating group) is 1. The number of nitrogens with zero attached hydrogens (tertiary/aromatic N) is 7. The largest absolute Gasteiger partial charge is 0.461 e. The minimum absolute atomic E-state index is 0.0759. The van der Waals surface area contributed by atoms with Crippen molar-refractivity contribution >= 4 is 39.8 Å². The highest BCUT2D eigenvalue weighted by atomic mass is 35.5. The maximum absolute atomic E-state index is 13.8. The number of anilines is 2. The van der Waals surface area contributed by atoms with Gasteiger partial charge in [0.05, 0.1) is 41.3 Å².